The summed E-state index contributed by atoms with van der Waals surface area (Å²) in [6.07, 6.45) is 0. The number of nitrogens with zero attached hydrogens (tertiary/aromatic N) is 1. The zero-order chi connectivity index (χ0) is 11.0. The van der Waals surface area contributed by atoms with Crippen LogP contribution in [0.25, 0.3) is 0 Å². The Morgan fingerprint density at radius 3 is 2.27 bits per heavy atom. The molecule has 0 radical (unpaired) electrons. The van der Waals surface area contributed by atoms with Crippen molar-refractivity contribution in [2.75, 3.05) is 10.7 Å². The Balaban J connectivity index is 2.53. The molecule has 0 atom stereocenters. The van der Waals surface area contributed by atoms with Crippen molar-refractivity contribution in [3.63, 3.8) is 0 Å². The maximum Gasteiger partial charge on any atom is 0.293 e. The summed E-state index contributed by atoms with van der Waals surface area (Å²) in [6, 6.07) is 5.74. The summed E-state index contributed by atoms with van der Waals surface area (Å²) < 4.78 is 0. The molecule has 1 heterocycles. The van der Waals surface area contributed by atoms with E-state index in [2.05, 4.69) is 0 Å². The van der Waals surface area contributed by atoms with Crippen LogP contribution in [-0.2, 0) is 4.79 Å². The van der Waals surface area contributed by atoms with E-state index in [1.165, 1.54) is 4.90 Å². The topological polar surface area (TPSA) is 37.4 Å². The molecular formula is C11H11NO2S. The Bertz CT molecular complexity index is 406. The van der Waals surface area contributed by atoms with E-state index in [1.54, 1.807) is 0 Å². The number of para-hydroxylation sites is 1. The highest BCUT2D eigenvalue weighted by molar-refractivity contribution is 8.15. The van der Waals surface area contributed by atoms with Gasteiger partial charge in [0.05, 0.1) is 11.4 Å². The number of aryl methyl sites for hydroxylation is 2. The van der Waals surface area contributed by atoms with E-state index >= 15 is 0 Å². The quantitative estimate of drug-likeness (QED) is 0.731. The lowest BCUT2D eigenvalue weighted by Crippen LogP contribution is -2.29. The second-order valence-corrected chi connectivity index (χ2v) is 4.45. The third-order valence-corrected chi connectivity index (χ3v) is 3.24. The third kappa shape index (κ3) is 1.65. The molecule has 2 rings (SSSR count). The lowest BCUT2D eigenvalue weighted by molar-refractivity contribution is -0.115. The number of hydrogen-bond acceptors (Lipinski definition) is 3. The van der Waals surface area contributed by atoms with Crippen molar-refractivity contribution in [3.05, 3.63) is 29.3 Å². The fourth-order valence-electron chi connectivity index (χ4n) is 1.73. The molecule has 0 unspecified atom stereocenters. The second-order valence-electron chi connectivity index (χ2n) is 3.52. The van der Waals surface area contributed by atoms with Crippen molar-refractivity contribution in [2.45, 2.75) is 13.8 Å². The van der Waals surface area contributed by atoms with Crippen molar-refractivity contribution < 1.29 is 9.59 Å². The molecule has 3 nitrogen and oxygen atoms in total. The molecule has 1 aromatic carbocycles. The normalized spacial score (nSPS) is 16.3. The summed E-state index contributed by atoms with van der Waals surface area (Å²) in [5.41, 5.74) is 2.66. The first-order valence-electron chi connectivity index (χ1n) is 4.67. The zero-order valence-electron chi connectivity index (χ0n) is 8.61. The molecule has 0 spiro atoms. The molecule has 1 aliphatic rings. The molecular weight excluding hydrogens is 210 g/mol. The van der Waals surface area contributed by atoms with Gasteiger partial charge in [0, 0.05) is 0 Å². The highest BCUT2D eigenvalue weighted by Crippen LogP contribution is 2.31. The fourth-order valence-corrected chi connectivity index (χ4v) is 2.43. The Hall–Kier alpha value is -1.29. The van der Waals surface area contributed by atoms with Crippen LogP contribution in [0.5, 0.6) is 0 Å². The van der Waals surface area contributed by atoms with Gasteiger partial charge in [-0.3, -0.25) is 9.59 Å². The van der Waals surface area contributed by atoms with E-state index in [4.69, 9.17) is 0 Å². The summed E-state index contributed by atoms with van der Waals surface area (Å²) in [4.78, 5) is 24.4. The van der Waals surface area contributed by atoms with E-state index in [0.29, 0.717) is 0 Å². The Labute approximate surface area is 92.5 Å². The standard InChI is InChI=1S/C11H11NO2S/c1-7-4-3-5-8(2)10(7)12-9(13)6-15-11(12)14/h3-5H,6H2,1-2H3. The Morgan fingerprint density at radius 1 is 1.20 bits per heavy atom. The molecule has 4 heteroatoms. The van der Waals surface area contributed by atoms with Crippen LogP contribution >= 0.6 is 11.8 Å². The van der Waals surface area contributed by atoms with E-state index < -0.39 is 0 Å². The van der Waals surface area contributed by atoms with Gasteiger partial charge in [-0.05, 0) is 25.0 Å². The number of benzene rings is 1. The van der Waals surface area contributed by atoms with Gasteiger partial charge in [0.2, 0.25) is 5.91 Å². The first kappa shape index (κ1) is 10.2. The number of carbonyl (C=O) groups is 2. The molecule has 2 amide bonds. The number of thioether (sulfide) groups is 1. The van der Waals surface area contributed by atoms with Crippen LogP contribution < -0.4 is 4.90 Å². The van der Waals surface area contributed by atoms with E-state index in [9.17, 15) is 9.59 Å². The maximum absolute atomic E-state index is 11.6. The molecule has 0 aliphatic carbocycles. The summed E-state index contributed by atoms with van der Waals surface area (Å²) in [6.45, 7) is 3.82. The molecule has 1 fully saturated rings. The Kier molecular flexibility index (Phi) is 2.52. The minimum atomic E-state index is -0.169. The van der Waals surface area contributed by atoms with Crippen LogP contribution in [0.4, 0.5) is 10.5 Å². The van der Waals surface area contributed by atoms with Crippen molar-refractivity contribution in [1.82, 2.24) is 0 Å². The van der Waals surface area contributed by atoms with Crippen molar-refractivity contribution >= 4 is 28.6 Å². The molecule has 0 bridgehead atoms. The molecule has 78 valence electrons. The lowest BCUT2D eigenvalue weighted by atomic mass is 10.1. The molecule has 0 aromatic heterocycles. The predicted octanol–water partition coefficient (Wildman–Crippen LogP) is 2.50. The number of carbonyl (C=O) groups excluding carboxylic acids is 2. The third-order valence-electron chi connectivity index (χ3n) is 2.41. The average molecular weight is 221 g/mol. The summed E-state index contributed by atoms with van der Waals surface area (Å²) in [5.74, 6) is 0.134. The van der Waals surface area contributed by atoms with Gasteiger partial charge in [-0.25, -0.2) is 4.90 Å². The minimum absolute atomic E-state index is 0.123. The maximum atomic E-state index is 11.6. The first-order chi connectivity index (χ1) is 7.11. The van der Waals surface area contributed by atoms with Gasteiger partial charge in [0.15, 0.2) is 0 Å². The molecule has 0 N–H and O–H groups in total. The summed E-state index contributed by atoms with van der Waals surface area (Å²) >= 11 is 1.06. The number of rotatable bonds is 1. The van der Waals surface area contributed by atoms with Gasteiger partial charge in [0.25, 0.3) is 5.24 Å². The van der Waals surface area contributed by atoms with Crippen LogP contribution in [0.15, 0.2) is 18.2 Å². The van der Waals surface area contributed by atoms with Crippen molar-refractivity contribution in [1.29, 1.82) is 0 Å². The Morgan fingerprint density at radius 2 is 1.80 bits per heavy atom. The monoisotopic (exact) mass is 221 g/mol. The number of hydrogen-bond donors (Lipinski definition) is 0. The number of anilines is 1. The van der Waals surface area contributed by atoms with Crippen LogP contribution in [0.3, 0.4) is 0 Å². The van der Waals surface area contributed by atoms with Crippen LogP contribution in [0.1, 0.15) is 11.1 Å². The highest BCUT2D eigenvalue weighted by atomic mass is 32.2. The predicted molar refractivity (Wildman–Crippen MR) is 61.3 cm³/mol. The zero-order valence-corrected chi connectivity index (χ0v) is 9.43. The van der Waals surface area contributed by atoms with Crippen LogP contribution in [0.2, 0.25) is 0 Å². The summed E-state index contributed by atoms with van der Waals surface area (Å²) in [5, 5.41) is -0.169. The van der Waals surface area contributed by atoms with Crippen LogP contribution in [0, 0.1) is 13.8 Å². The molecule has 1 aromatic rings. The molecule has 0 saturated carbocycles. The number of imide groups is 1. The molecule has 1 saturated heterocycles. The SMILES string of the molecule is Cc1cccc(C)c1N1C(=O)CSC1=O. The van der Waals surface area contributed by atoms with Gasteiger partial charge in [0.1, 0.15) is 0 Å². The summed E-state index contributed by atoms with van der Waals surface area (Å²) in [7, 11) is 0. The van der Waals surface area contributed by atoms with Crippen molar-refractivity contribution in [2.24, 2.45) is 0 Å². The van der Waals surface area contributed by atoms with Crippen molar-refractivity contribution in [3.8, 4) is 0 Å². The molecule has 15 heavy (non-hydrogen) atoms. The van der Waals surface area contributed by atoms with Gasteiger partial charge in [-0.1, -0.05) is 30.0 Å². The van der Waals surface area contributed by atoms with Gasteiger partial charge < -0.3 is 0 Å². The minimum Gasteiger partial charge on any atom is -0.273 e. The fraction of sp³-hybridized carbons (Fsp3) is 0.273. The van der Waals surface area contributed by atoms with Gasteiger partial charge >= 0.3 is 0 Å². The lowest BCUT2D eigenvalue weighted by Gasteiger charge is -2.17. The van der Waals surface area contributed by atoms with Gasteiger partial charge in [-0.15, -0.1) is 0 Å². The molecule has 1 aliphatic heterocycles. The number of amides is 2. The smallest absolute Gasteiger partial charge is 0.273 e. The highest BCUT2D eigenvalue weighted by Gasteiger charge is 2.32. The van der Waals surface area contributed by atoms with E-state index in [1.807, 2.05) is 32.0 Å². The van der Waals surface area contributed by atoms with E-state index in [-0.39, 0.29) is 16.9 Å². The van der Waals surface area contributed by atoms with E-state index in [0.717, 1.165) is 28.6 Å². The van der Waals surface area contributed by atoms with Gasteiger partial charge in [-0.2, -0.15) is 0 Å². The van der Waals surface area contributed by atoms with Crippen LogP contribution in [-0.4, -0.2) is 16.9 Å². The second kappa shape index (κ2) is 3.70. The first-order valence-corrected chi connectivity index (χ1v) is 5.66. The average Bonchev–Trinajstić information content (AvgIpc) is 2.49. The largest absolute Gasteiger partial charge is 0.293 e.